The highest BCUT2D eigenvalue weighted by Gasteiger charge is 2.22. The molecule has 0 unspecified atom stereocenters. The van der Waals surface area contributed by atoms with Gasteiger partial charge in [-0.2, -0.15) is 0 Å². The van der Waals surface area contributed by atoms with E-state index in [-0.39, 0.29) is 11.7 Å². The Bertz CT molecular complexity index is 1260. The van der Waals surface area contributed by atoms with Gasteiger partial charge in [-0.25, -0.2) is 14.4 Å². The minimum absolute atomic E-state index is 0.0832. The van der Waals surface area contributed by atoms with Crippen molar-refractivity contribution >= 4 is 66.6 Å². The summed E-state index contributed by atoms with van der Waals surface area (Å²) in [4.78, 5) is 25.6. The lowest BCUT2D eigenvalue weighted by atomic mass is 10.2. The van der Waals surface area contributed by atoms with Gasteiger partial charge in [0.05, 0.1) is 21.4 Å². The number of thiophene rings is 1. The van der Waals surface area contributed by atoms with Crippen LogP contribution in [0.25, 0.3) is 20.3 Å². The second-order valence-corrected chi connectivity index (χ2v) is 9.66. The van der Waals surface area contributed by atoms with Gasteiger partial charge in [0.1, 0.15) is 17.2 Å². The lowest BCUT2D eigenvalue weighted by Crippen LogP contribution is -2.49. The Balaban J connectivity index is 1.25. The van der Waals surface area contributed by atoms with Crippen molar-refractivity contribution in [3.8, 4) is 0 Å². The molecular weight excluding hydrogens is 455 g/mol. The minimum atomic E-state index is -0.284. The Morgan fingerprint density at radius 2 is 1.87 bits per heavy atom. The Morgan fingerprint density at radius 1 is 1.10 bits per heavy atom. The number of amides is 1. The summed E-state index contributed by atoms with van der Waals surface area (Å²) in [7, 11) is 0. The van der Waals surface area contributed by atoms with Crippen molar-refractivity contribution in [3.63, 3.8) is 0 Å². The predicted octanol–water partition coefficient (Wildman–Crippen LogP) is 5.08. The first-order chi connectivity index (χ1) is 15.1. The Kier molecular flexibility index (Phi) is 5.69. The van der Waals surface area contributed by atoms with E-state index < -0.39 is 0 Å². The van der Waals surface area contributed by atoms with Crippen molar-refractivity contribution in [2.45, 2.75) is 5.03 Å². The van der Waals surface area contributed by atoms with Crippen LogP contribution in [-0.2, 0) is 4.79 Å². The average Bonchev–Trinajstić information content (AvgIpc) is 3.19. The maximum absolute atomic E-state index is 14.3. The number of fused-ring (bicyclic) bond motifs is 3. The van der Waals surface area contributed by atoms with Crippen molar-refractivity contribution in [1.29, 1.82) is 0 Å². The van der Waals surface area contributed by atoms with Crippen LogP contribution in [0.1, 0.15) is 0 Å². The number of carbonyl (C=O) groups excluding carboxylic acids is 1. The second-order valence-electron chi connectivity index (χ2n) is 7.20. The van der Waals surface area contributed by atoms with Crippen LogP contribution in [0, 0.1) is 5.82 Å². The summed E-state index contributed by atoms with van der Waals surface area (Å²) >= 11 is 8.82. The summed E-state index contributed by atoms with van der Waals surface area (Å²) in [5.41, 5.74) is 1.73. The Labute approximate surface area is 191 Å². The molecule has 2 aromatic carbocycles. The first-order valence-corrected chi connectivity index (χ1v) is 12.0. The van der Waals surface area contributed by atoms with Gasteiger partial charge < -0.3 is 9.80 Å². The number of hydrogen-bond acceptors (Lipinski definition) is 6. The van der Waals surface area contributed by atoms with Crippen LogP contribution in [-0.4, -0.2) is 52.7 Å². The highest BCUT2D eigenvalue weighted by molar-refractivity contribution is 8.00. The molecule has 1 aliphatic rings. The largest absolute Gasteiger partial charge is 0.368 e. The monoisotopic (exact) mass is 472 g/mol. The molecule has 158 valence electrons. The summed E-state index contributed by atoms with van der Waals surface area (Å²) in [6.45, 7) is 2.92. The van der Waals surface area contributed by atoms with E-state index in [0.717, 1.165) is 38.2 Å². The first-order valence-electron chi connectivity index (χ1n) is 9.83. The van der Waals surface area contributed by atoms with Gasteiger partial charge in [-0.15, -0.1) is 11.3 Å². The van der Waals surface area contributed by atoms with Crippen molar-refractivity contribution in [2.75, 3.05) is 36.8 Å². The van der Waals surface area contributed by atoms with Gasteiger partial charge in [0, 0.05) is 41.6 Å². The van der Waals surface area contributed by atoms with Crippen LogP contribution in [0.3, 0.4) is 0 Å². The fourth-order valence-corrected chi connectivity index (χ4v) is 6.02. The maximum Gasteiger partial charge on any atom is 0.233 e. The van der Waals surface area contributed by atoms with Gasteiger partial charge >= 0.3 is 0 Å². The van der Waals surface area contributed by atoms with Crippen molar-refractivity contribution in [1.82, 2.24) is 14.9 Å². The molecule has 5 rings (SSSR count). The van der Waals surface area contributed by atoms with Crippen molar-refractivity contribution in [2.24, 2.45) is 0 Å². The molecule has 0 spiro atoms. The molecular formula is C22H18ClFN4OS2. The van der Waals surface area contributed by atoms with E-state index in [1.165, 1.54) is 35.5 Å². The molecule has 0 N–H and O–H groups in total. The first kappa shape index (κ1) is 20.5. The quantitative estimate of drug-likeness (QED) is 0.306. The van der Waals surface area contributed by atoms with Crippen LogP contribution < -0.4 is 4.90 Å². The highest BCUT2D eigenvalue weighted by atomic mass is 35.5. The molecule has 1 saturated heterocycles. The Morgan fingerprint density at radius 3 is 2.65 bits per heavy atom. The topological polar surface area (TPSA) is 49.3 Å². The van der Waals surface area contributed by atoms with Gasteiger partial charge in [-0.3, -0.25) is 4.79 Å². The molecule has 0 bridgehead atoms. The van der Waals surface area contributed by atoms with E-state index in [1.54, 1.807) is 6.07 Å². The maximum atomic E-state index is 14.3. The molecule has 1 amide bonds. The van der Waals surface area contributed by atoms with E-state index in [1.807, 2.05) is 35.2 Å². The summed E-state index contributed by atoms with van der Waals surface area (Å²) in [5, 5.41) is 1.96. The molecule has 0 aliphatic carbocycles. The van der Waals surface area contributed by atoms with Crippen LogP contribution >= 0.6 is 34.7 Å². The van der Waals surface area contributed by atoms with Crippen LogP contribution in [0.5, 0.6) is 0 Å². The van der Waals surface area contributed by atoms with Crippen molar-refractivity contribution < 1.29 is 9.18 Å². The van der Waals surface area contributed by atoms with Crippen LogP contribution in [0.2, 0.25) is 5.02 Å². The fraction of sp³-hybridized carbons (Fsp3) is 0.227. The standard InChI is InChI=1S/C22H18ClFN4OS2/c23-14-4-6-15(7-5-14)27-8-10-28(11-9-27)18(29)12-30-22-21-20(25-13-26-22)19-16(24)2-1-3-17(19)31-21/h1-7,13H,8-12H2. The SMILES string of the molecule is O=C(CSc1ncnc2c1sc1cccc(F)c12)N1CCN(c2ccc(Cl)cc2)CC1. The lowest BCUT2D eigenvalue weighted by Gasteiger charge is -2.36. The van der Waals surface area contributed by atoms with E-state index in [0.29, 0.717) is 29.7 Å². The number of thioether (sulfide) groups is 1. The third-order valence-corrected chi connectivity index (χ3v) is 7.86. The smallest absolute Gasteiger partial charge is 0.233 e. The molecule has 31 heavy (non-hydrogen) atoms. The number of aromatic nitrogens is 2. The number of anilines is 1. The molecule has 0 atom stereocenters. The number of carbonyl (C=O) groups is 1. The minimum Gasteiger partial charge on any atom is -0.368 e. The van der Waals surface area contributed by atoms with E-state index in [2.05, 4.69) is 14.9 Å². The average molecular weight is 473 g/mol. The molecule has 1 aliphatic heterocycles. The molecule has 1 fully saturated rings. The third-order valence-electron chi connectivity index (χ3n) is 5.35. The van der Waals surface area contributed by atoms with Gasteiger partial charge in [-0.1, -0.05) is 29.4 Å². The number of hydrogen-bond donors (Lipinski definition) is 0. The molecule has 0 radical (unpaired) electrons. The van der Waals surface area contributed by atoms with E-state index >= 15 is 0 Å². The van der Waals surface area contributed by atoms with Gasteiger partial charge in [0.25, 0.3) is 0 Å². The summed E-state index contributed by atoms with van der Waals surface area (Å²) in [6.07, 6.45) is 1.44. The summed E-state index contributed by atoms with van der Waals surface area (Å²) in [6, 6.07) is 12.8. The third kappa shape index (κ3) is 4.07. The zero-order valence-electron chi connectivity index (χ0n) is 16.4. The zero-order valence-corrected chi connectivity index (χ0v) is 18.8. The number of piperazine rings is 1. The molecule has 0 saturated carbocycles. The number of rotatable bonds is 4. The fourth-order valence-electron chi connectivity index (χ4n) is 3.75. The van der Waals surface area contributed by atoms with Gasteiger partial charge in [-0.05, 0) is 36.4 Å². The Hall–Kier alpha value is -2.42. The summed E-state index contributed by atoms with van der Waals surface area (Å²) in [5.74, 6) is 0.0944. The number of halogens is 2. The highest BCUT2D eigenvalue weighted by Crippen LogP contribution is 2.38. The predicted molar refractivity (Wildman–Crippen MR) is 126 cm³/mol. The second kappa shape index (κ2) is 8.61. The normalized spacial score (nSPS) is 14.5. The van der Waals surface area contributed by atoms with Gasteiger partial charge in [0.2, 0.25) is 5.91 Å². The molecule has 9 heteroatoms. The van der Waals surface area contributed by atoms with E-state index in [9.17, 15) is 9.18 Å². The van der Waals surface area contributed by atoms with Crippen LogP contribution in [0.15, 0.2) is 53.8 Å². The van der Waals surface area contributed by atoms with Crippen molar-refractivity contribution in [3.05, 3.63) is 59.6 Å². The summed E-state index contributed by atoms with van der Waals surface area (Å²) < 4.78 is 15.9. The molecule has 5 nitrogen and oxygen atoms in total. The zero-order chi connectivity index (χ0) is 21.4. The van der Waals surface area contributed by atoms with Crippen LogP contribution in [0.4, 0.5) is 10.1 Å². The molecule has 3 heterocycles. The number of nitrogens with zero attached hydrogens (tertiary/aromatic N) is 4. The lowest BCUT2D eigenvalue weighted by molar-refractivity contribution is -0.128. The molecule has 4 aromatic rings. The molecule has 2 aromatic heterocycles. The number of benzene rings is 2. The van der Waals surface area contributed by atoms with Gasteiger partial charge in [0.15, 0.2) is 0 Å². The van der Waals surface area contributed by atoms with E-state index in [4.69, 9.17) is 11.6 Å².